The third kappa shape index (κ3) is 31.5. The van der Waals surface area contributed by atoms with E-state index in [1.54, 1.807) is 0 Å². The lowest BCUT2D eigenvalue weighted by Gasteiger charge is -2.26. The van der Waals surface area contributed by atoms with Crippen LogP contribution < -0.4 is 5.32 Å². The molecule has 0 aliphatic carbocycles. The fourth-order valence-corrected chi connectivity index (χ4v) is 6.22. The van der Waals surface area contributed by atoms with Gasteiger partial charge in [0.1, 0.15) is 6.10 Å². The third-order valence-electron chi connectivity index (χ3n) is 9.37. The summed E-state index contributed by atoms with van der Waals surface area (Å²) in [4.78, 5) is 12.3. The summed E-state index contributed by atoms with van der Waals surface area (Å²) in [7, 11) is 0. The first-order valence-electron chi connectivity index (χ1n) is 20.0. The highest BCUT2D eigenvalue weighted by atomic mass is 16.3. The standard InChI is InChI=1S/C40H79NO4/c1-3-5-7-9-11-13-15-16-17-18-19-20-21-22-23-25-26-28-30-32-34-38(43)40(45)37(36-42)41-39(44)35-33-31-29-27-24-14-12-10-8-6-4-2/h26,28,37-38,40,42-43,45H,3-25,27,29-36H2,1-2H3,(H,41,44)/b28-26+. The first-order valence-corrected chi connectivity index (χ1v) is 20.0. The number of rotatable bonds is 36. The highest BCUT2D eigenvalue weighted by molar-refractivity contribution is 5.76. The first-order chi connectivity index (χ1) is 22.1. The Morgan fingerprint density at radius 1 is 0.533 bits per heavy atom. The first kappa shape index (κ1) is 44.1. The molecule has 45 heavy (non-hydrogen) atoms. The van der Waals surface area contributed by atoms with Gasteiger partial charge >= 0.3 is 0 Å². The molecule has 5 heteroatoms. The Kier molecular flexibility index (Phi) is 35.2. The summed E-state index contributed by atoms with van der Waals surface area (Å²) in [6.45, 7) is 4.16. The van der Waals surface area contributed by atoms with Gasteiger partial charge in [-0.15, -0.1) is 0 Å². The van der Waals surface area contributed by atoms with Crippen molar-refractivity contribution >= 4 is 5.91 Å². The molecule has 1 amide bonds. The van der Waals surface area contributed by atoms with Crippen molar-refractivity contribution in [2.24, 2.45) is 0 Å². The van der Waals surface area contributed by atoms with Crippen molar-refractivity contribution in [2.45, 2.75) is 231 Å². The van der Waals surface area contributed by atoms with Gasteiger partial charge in [-0.05, 0) is 38.5 Å². The average molecular weight is 638 g/mol. The number of aliphatic hydroxyl groups is 3. The van der Waals surface area contributed by atoms with E-state index < -0.39 is 18.2 Å². The molecule has 0 aliphatic heterocycles. The normalized spacial score (nSPS) is 13.8. The summed E-state index contributed by atoms with van der Waals surface area (Å²) in [5, 5.41) is 33.4. The number of carbonyl (C=O) groups is 1. The van der Waals surface area contributed by atoms with E-state index >= 15 is 0 Å². The van der Waals surface area contributed by atoms with Gasteiger partial charge in [0.05, 0.1) is 18.8 Å². The molecule has 0 radical (unpaired) electrons. The van der Waals surface area contributed by atoms with Crippen molar-refractivity contribution in [3.8, 4) is 0 Å². The van der Waals surface area contributed by atoms with Crippen LogP contribution in [0.1, 0.15) is 213 Å². The van der Waals surface area contributed by atoms with Crippen LogP contribution in [0.4, 0.5) is 0 Å². The minimum absolute atomic E-state index is 0.155. The van der Waals surface area contributed by atoms with E-state index in [4.69, 9.17) is 0 Å². The van der Waals surface area contributed by atoms with Crippen LogP contribution in [0.5, 0.6) is 0 Å². The van der Waals surface area contributed by atoms with E-state index in [0.717, 1.165) is 38.5 Å². The highest BCUT2D eigenvalue weighted by Crippen LogP contribution is 2.15. The largest absolute Gasteiger partial charge is 0.394 e. The van der Waals surface area contributed by atoms with Gasteiger partial charge in [0.25, 0.3) is 0 Å². The Balaban J connectivity index is 3.66. The minimum atomic E-state index is -1.15. The predicted molar refractivity (Wildman–Crippen MR) is 195 cm³/mol. The zero-order valence-electron chi connectivity index (χ0n) is 30.3. The van der Waals surface area contributed by atoms with Gasteiger partial charge in [0.15, 0.2) is 0 Å². The molecule has 0 saturated heterocycles. The summed E-state index contributed by atoms with van der Waals surface area (Å²) >= 11 is 0. The molecular formula is C40H79NO4. The molecule has 0 heterocycles. The second-order valence-corrected chi connectivity index (χ2v) is 13.8. The van der Waals surface area contributed by atoms with Crippen LogP contribution in [0.25, 0.3) is 0 Å². The average Bonchev–Trinajstić information content (AvgIpc) is 3.04. The van der Waals surface area contributed by atoms with Gasteiger partial charge in [0.2, 0.25) is 5.91 Å². The Morgan fingerprint density at radius 3 is 1.29 bits per heavy atom. The highest BCUT2D eigenvalue weighted by Gasteiger charge is 2.26. The fraction of sp³-hybridized carbons (Fsp3) is 0.925. The SMILES string of the molecule is CCCCCCCCCCCCCCCCC/C=C/CCCC(O)C(O)C(CO)NC(=O)CCCCCCCCCCCCC. The number of aliphatic hydroxyl groups excluding tert-OH is 3. The van der Waals surface area contributed by atoms with Crippen LogP contribution in [0.3, 0.4) is 0 Å². The molecule has 3 unspecified atom stereocenters. The van der Waals surface area contributed by atoms with Crippen molar-refractivity contribution in [3.05, 3.63) is 12.2 Å². The summed E-state index contributed by atoms with van der Waals surface area (Å²) in [5.74, 6) is -0.155. The number of hydrogen-bond donors (Lipinski definition) is 4. The van der Waals surface area contributed by atoms with Crippen molar-refractivity contribution < 1.29 is 20.1 Å². The van der Waals surface area contributed by atoms with E-state index in [9.17, 15) is 20.1 Å². The molecule has 5 nitrogen and oxygen atoms in total. The number of amides is 1. The summed E-state index contributed by atoms with van der Waals surface area (Å²) in [5.41, 5.74) is 0. The van der Waals surface area contributed by atoms with Gasteiger partial charge in [-0.1, -0.05) is 180 Å². The monoisotopic (exact) mass is 638 g/mol. The minimum Gasteiger partial charge on any atom is -0.394 e. The van der Waals surface area contributed by atoms with Crippen molar-refractivity contribution in [3.63, 3.8) is 0 Å². The molecule has 0 aliphatic rings. The number of unbranched alkanes of at least 4 members (excludes halogenated alkanes) is 26. The van der Waals surface area contributed by atoms with Crippen LogP contribution in [-0.4, -0.2) is 46.1 Å². The molecule has 0 fully saturated rings. The van der Waals surface area contributed by atoms with Crippen LogP contribution in [0.15, 0.2) is 12.2 Å². The quantitative estimate of drug-likeness (QED) is 0.0406. The van der Waals surface area contributed by atoms with Crippen LogP contribution >= 0.6 is 0 Å². The molecule has 0 saturated carbocycles. The molecule has 4 N–H and O–H groups in total. The smallest absolute Gasteiger partial charge is 0.220 e. The lowest BCUT2D eigenvalue weighted by Crippen LogP contribution is -2.50. The molecule has 0 aromatic rings. The molecule has 0 aromatic heterocycles. The molecule has 0 aromatic carbocycles. The Labute approximate surface area is 280 Å². The lowest BCUT2D eigenvalue weighted by atomic mass is 10.0. The number of hydrogen-bond acceptors (Lipinski definition) is 4. The van der Waals surface area contributed by atoms with Gasteiger partial charge in [0, 0.05) is 6.42 Å². The predicted octanol–water partition coefficient (Wildman–Crippen LogP) is 10.9. The zero-order chi connectivity index (χ0) is 33.1. The molecular weight excluding hydrogens is 558 g/mol. The van der Waals surface area contributed by atoms with Crippen LogP contribution in [0, 0.1) is 0 Å². The topological polar surface area (TPSA) is 89.8 Å². The van der Waals surface area contributed by atoms with E-state index in [1.807, 2.05) is 0 Å². The van der Waals surface area contributed by atoms with Gasteiger partial charge in [-0.25, -0.2) is 0 Å². The maximum Gasteiger partial charge on any atom is 0.220 e. The molecule has 0 spiro atoms. The third-order valence-corrected chi connectivity index (χ3v) is 9.37. The van der Waals surface area contributed by atoms with Gasteiger partial charge in [-0.3, -0.25) is 4.79 Å². The van der Waals surface area contributed by atoms with E-state index in [2.05, 4.69) is 31.3 Å². The van der Waals surface area contributed by atoms with Gasteiger partial charge in [-0.2, -0.15) is 0 Å². The van der Waals surface area contributed by atoms with Crippen LogP contribution in [0.2, 0.25) is 0 Å². The lowest BCUT2D eigenvalue weighted by molar-refractivity contribution is -0.124. The Morgan fingerprint density at radius 2 is 0.889 bits per heavy atom. The Bertz CT molecular complexity index is 625. The zero-order valence-corrected chi connectivity index (χ0v) is 30.3. The number of nitrogens with one attached hydrogen (secondary N) is 1. The second kappa shape index (κ2) is 35.9. The fourth-order valence-electron chi connectivity index (χ4n) is 6.22. The summed E-state index contributed by atoms with van der Waals surface area (Å²) < 4.78 is 0. The van der Waals surface area contributed by atoms with E-state index in [-0.39, 0.29) is 12.5 Å². The van der Waals surface area contributed by atoms with E-state index in [1.165, 1.54) is 148 Å². The maximum absolute atomic E-state index is 12.3. The van der Waals surface area contributed by atoms with E-state index in [0.29, 0.717) is 12.8 Å². The Hall–Kier alpha value is -0.910. The van der Waals surface area contributed by atoms with Crippen molar-refractivity contribution in [2.75, 3.05) is 6.61 Å². The second-order valence-electron chi connectivity index (χ2n) is 13.8. The summed E-state index contributed by atoms with van der Waals surface area (Å²) in [6.07, 6.45) is 40.3. The maximum atomic E-state index is 12.3. The molecule has 0 bridgehead atoms. The van der Waals surface area contributed by atoms with Gasteiger partial charge < -0.3 is 20.6 Å². The number of carbonyl (C=O) groups excluding carboxylic acids is 1. The molecule has 0 rings (SSSR count). The molecule has 3 atom stereocenters. The van der Waals surface area contributed by atoms with Crippen molar-refractivity contribution in [1.29, 1.82) is 0 Å². The molecule has 268 valence electrons. The van der Waals surface area contributed by atoms with Crippen molar-refractivity contribution in [1.82, 2.24) is 5.32 Å². The summed E-state index contributed by atoms with van der Waals surface area (Å²) in [6, 6.07) is -0.819. The number of allylic oxidation sites excluding steroid dienone is 2. The van der Waals surface area contributed by atoms with Crippen LogP contribution in [-0.2, 0) is 4.79 Å².